The van der Waals surface area contributed by atoms with Crippen LogP contribution in [0.15, 0.2) is 23.0 Å². The molecule has 0 atom stereocenters. The van der Waals surface area contributed by atoms with Crippen molar-refractivity contribution < 1.29 is 9.47 Å². The fraction of sp³-hybridized carbons (Fsp3) is 0.667. The fourth-order valence-electron chi connectivity index (χ4n) is 5.30. The van der Waals surface area contributed by atoms with Gasteiger partial charge in [-0.1, -0.05) is 6.07 Å². The van der Waals surface area contributed by atoms with E-state index in [-0.39, 0.29) is 11.5 Å². The molecule has 2 aromatic rings. The maximum atomic E-state index is 12.5. The smallest absolute Gasteiger partial charge is 0.326 e. The van der Waals surface area contributed by atoms with Crippen molar-refractivity contribution in [3.8, 4) is 0 Å². The zero-order chi connectivity index (χ0) is 18.4. The molecule has 0 radical (unpaired) electrons. The highest BCUT2D eigenvalue weighted by atomic mass is 16.7. The molecule has 1 saturated carbocycles. The first-order valence-electron chi connectivity index (χ1n) is 10.4. The highest BCUT2D eigenvalue weighted by molar-refractivity contribution is 5.76. The lowest BCUT2D eigenvalue weighted by atomic mass is 9.88. The van der Waals surface area contributed by atoms with Crippen LogP contribution in [0.3, 0.4) is 0 Å². The molecule has 146 valence electrons. The van der Waals surface area contributed by atoms with Crippen LogP contribution in [-0.2, 0) is 9.47 Å². The maximum Gasteiger partial charge on any atom is 0.326 e. The zero-order valence-corrected chi connectivity index (χ0v) is 16.1. The summed E-state index contributed by atoms with van der Waals surface area (Å²) in [6.07, 6.45) is 6.40. The van der Waals surface area contributed by atoms with Gasteiger partial charge in [-0.15, -0.1) is 0 Å². The van der Waals surface area contributed by atoms with E-state index in [1.54, 1.807) is 0 Å². The van der Waals surface area contributed by atoms with E-state index >= 15 is 0 Å². The van der Waals surface area contributed by atoms with Gasteiger partial charge in [0.25, 0.3) is 0 Å². The number of piperidine rings is 1. The Hall–Kier alpha value is -1.63. The number of likely N-dealkylation sites (tertiary alicyclic amines) is 1. The number of imidazole rings is 1. The largest absolute Gasteiger partial charge is 0.348 e. The average Bonchev–Trinajstić information content (AvgIpc) is 3.26. The van der Waals surface area contributed by atoms with Crippen LogP contribution in [0.25, 0.3) is 11.0 Å². The summed E-state index contributed by atoms with van der Waals surface area (Å²) in [6.45, 7) is 5.70. The van der Waals surface area contributed by atoms with Crippen molar-refractivity contribution in [1.29, 1.82) is 0 Å². The highest BCUT2D eigenvalue weighted by Gasteiger charge is 2.42. The number of benzene rings is 1. The zero-order valence-electron chi connectivity index (χ0n) is 16.1. The molecule has 1 aromatic heterocycles. The monoisotopic (exact) mass is 371 g/mol. The number of nitrogens with one attached hydrogen (secondary N) is 1. The van der Waals surface area contributed by atoms with E-state index in [4.69, 9.17) is 9.47 Å². The van der Waals surface area contributed by atoms with Crippen molar-refractivity contribution in [1.82, 2.24) is 14.5 Å². The van der Waals surface area contributed by atoms with E-state index < -0.39 is 0 Å². The van der Waals surface area contributed by atoms with Gasteiger partial charge >= 0.3 is 5.69 Å². The SMILES string of the molecule is Cc1ccc2[nH]c(=O)n(C3CCN(C4CCC5(CC4)OCCO5)CC3)c2c1. The van der Waals surface area contributed by atoms with E-state index in [0.29, 0.717) is 12.1 Å². The first kappa shape index (κ1) is 17.5. The summed E-state index contributed by atoms with van der Waals surface area (Å²) in [5.41, 5.74) is 3.22. The topological polar surface area (TPSA) is 59.5 Å². The normalized spacial score (nSPS) is 24.9. The van der Waals surface area contributed by atoms with Gasteiger partial charge in [0.1, 0.15) is 0 Å². The van der Waals surface area contributed by atoms with Crippen molar-refractivity contribution in [2.75, 3.05) is 26.3 Å². The molecule has 2 saturated heterocycles. The second-order valence-corrected chi connectivity index (χ2v) is 8.43. The molecule has 1 aliphatic carbocycles. The molecule has 0 amide bonds. The van der Waals surface area contributed by atoms with Crippen LogP contribution in [0.2, 0.25) is 0 Å². The molecular weight excluding hydrogens is 342 g/mol. The molecule has 1 N–H and O–H groups in total. The van der Waals surface area contributed by atoms with E-state index in [2.05, 4.69) is 28.9 Å². The molecule has 5 rings (SSSR count). The summed E-state index contributed by atoms with van der Waals surface area (Å²) in [4.78, 5) is 18.2. The summed E-state index contributed by atoms with van der Waals surface area (Å²) >= 11 is 0. The number of nitrogens with zero attached hydrogens (tertiary/aromatic N) is 2. The Kier molecular flexibility index (Phi) is 4.37. The minimum atomic E-state index is -0.274. The lowest BCUT2D eigenvalue weighted by Gasteiger charge is -2.43. The van der Waals surface area contributed by atoms with Crippen LogP contribution in [0.1, 0.15) is 50.1 Å². The number of fused-ring (bicyclic) bond motifs is 1. The third-order valence-electron chi connectivity index (χ3n) is 6.78. The lowest BCUT2D eigenvalue weighted by molar-refractivity contribution is -0.184. The molecular formula is C21H29N3O3. The third-order valence-corrected chi connectivity index (χ3v) is 6.78. The number of H-pyrrole nitrogens is 1. The quantitative estimate of drug-likeness (QED) is 0.882. The van der Waals surface area contributed by atoms with E-state index in [9.17, 15) is 4.79 Å². The third kappa shape index (κ3) is 3.13. The Labute approximate surface area is 159 Å². The van der Waals surface area contributed by atoms with Crippen molar-refractivity contribution in [3.63, 3.8) is 0 Å². The van der Waals surface area contributed by atoms with Crippen LogP contribution >= 0.6 is 0 Å². The lowest BCUT2D eigenvalue weighted by Crippen LogP contribution is -2.47. The standard InChI is InChI=1S/C21H29N3O3/c1-15-2-3-18-19(14-15)24(20(25)22-18)17-6-10-23(11-7-17)16-4-8-21(9-5-16)26-12-13-27-21/h2-3,14,16-17H,4-13H2,1H3,(H,22,25). The number of aryl methyl sites for hydroxylation is 1. The molecule has 1 spiro atoms. The van der Waals surface area contributed by atoms with Gasteiger partial charge in [-0.05, 0) is 50.3 Å². The van der Waals surface area contributed by atoms with E-state index in [0.717, 1.165) is 75.9 Å². The molecule has 6 nitrogen and oxygen atoms in total. The Morgan fingerprint density at radius 2 is 1.74 bits per heavy atom. The summed E-state index contributed by atoms with van der Waals surface area (Å²) in [5, 5.41) is 0. The number of hydrogen-bond donors (Lipinski definition) is 1. The summed E-state index contributed by atoms with van der Waals surface area (Å²) in [6, 6.07) is 7.12. The number of aromatic nitrogens is 2. The van der Waals surface area contributed by atoms with Gasteiger partial charge in [-0.2, -0.15) is 0 Å². The summed E-state index contributed by atoms with van der Waals surface area (Å²) in [7, 11) is 0. The molecule has 3 heterocycles. The fourth-order valence-corrected chi connectivity index (χ4v) is 5.30. The van der Waals surface area contributed by atoms with Gasteiger partial charge < -0.3 is 19.4 Å². The molecule has 0 bridgehead atoms. The van der Waals surface area contributed by atoms with Crippen LogP contribution < -0.4 is 5.69 Å². The van der Waals surface area contributed by atoms with Crippen LogP contribution in [-0.4, -0.2) is 52.6 Å². The maximum absolute atomic E-state index is 12.5. The predicted octanol–water partition coefficient (Wildman–Crippen LogP) is 2.96. The van der Waals surface area contributed by atoms with Gasteiger partial charge in [0.15, 0.2) is 5.79 Å². The summed E-state index contributed by atoms with van der Waals surface area (Å²) < 4.78 is 13.7. The van der Waals surface area contributed by atoms with Gasteiger partial charge in [-0.3, -0.25) is 4.57 Å². The first-order chi connectivity index (χ1) is 13.1. The van der Waals surface area contributed by atoms with Crippen molar-refractivity contribution in [3.05, 3.63) is 34.2 Å². The molecule has 3 fully saturated rings. The molecule has 0 unspecified atom stereocenters. The molecule has 3 aliphatic rings. The second kappa shape index (κ2) is 6.76. The number of ether oxygens (including phenoxy) is 2. The minimum absolute atomic E-state index is 0.0317. The predicted molar refractivity (Wildman–Crippen MR) is 104 cm³/mol. The molecule has 1 aromatic carbocycles. The first-order valence-corrected chi connectivity index (χ1v) is 10.4. The highest BCUT2D eigenvalue weighted by Crippen LogP contribution is 2.38. The summed E-state index contributed by atoms with van der Waals surface area (Å²) in [5.74, 6) is -0.274. The Bertz CT molecular complexity index is 862. The minimum Gasteiger partial charge on any atom is -0.348 e. The van der Waals surface area contributed by atoms with Crippen LogP contribution in [0, 0.1) is 6.92 Å². The van der Waals surface area contributed by atoms with Gasteiger partial charge in [0.2, 0.25) is 0 Å². The number of aromatic amines is 1. The van der Waals surface area contributed by atoms with E-state index in [1.165, 1.54) is 5.56 Å². The number of hydrogen-bond acceptors (Lipinski definition) is 4. The molecule has 2 aliphatic heterocycles. The second-order valence-electron chi connectivity index (χ2n) is 8.43. The Balaban J connectivity index is 1.25. The average molecular weight is 371 g/mol. The van der Waals surface area contributed by atoms with Crippen molar-refractivity contribution in [2.24, 2.45) is 0 Å². The number of rotatable bonds is 2. The van der Waals surface area contributed by atoms with Crippen molar-refractivity contribution in [2.45, 2.75) is 63.3 Å². The Morgan fingerprint density at radius 1 is 1.04 bits per heavy atom. The molecule has 6 heteroatoms. The Morgan fingerprint density at radius 3 is 2.44 bits per heavy atom. The molecule has 27 heavy (non-hydrogen) atoms. The van der Waals surface area contributed by atoms with Gasteiger partial charge in [0.05, 0.1) is 24.2 Å². The van der Waals surface area contributed by atoms with E-state index in [1.807, 2.05) is 10.6 Å². The van der Waals surface area contributed by atoms with Gasteiger partial charge in [-0.25, -0.2) is 4.79 Å². The van der Waals surface area contributed by atoms with Gasteiger partial charge in [0, 0.05) is 38.0 Å². The van der Waals surface area contributed by atoms with Crippen LogP contribution in [0.5, 0.6) is 0 Å². The van der Waals surface area contributed by atoms with Crippen molar-refractivity contribution >= 4 is 11.0 Å². The van der Waals surface area contributed by atoms with Crippen LogP contribution in [0.4, 0.5) is 0 Å².